The Bertz CT molecular complexity index is 87.1. The quantitative estimate of drug-likeness (QED) is 0.431. The van der Waals surface area contributed by atoms with Gasteiger partial charge >= 0.3 is 0 Å². The predicted molar refractivity (Wildman–Crippen MR) is 44.9 cm³/mol. The van der Waals surface area contributed by atoms with Crippen LogP contribution in [0.2, 0.25) is 0 Å². The van der Waals surface area contributed by atoms with Crippen LogP contribution in [0.15, 0.2) is 0 Å². The van der Waals surface area contributed by atoms with E-state index >= 15 is 0 Å². The number of aliphatic hydroxyl groups is 1. The van der Waals surface area contributed by atoms with E-state index in [1.54, 1.807) is 7.11 Å². The molecule has 1 atom stereocenters. The number of ether oxygens (including phenoxy) is 3. The van der Waals surface area contributed by atoms with E-state index in [1.807, 2.05) is 6.92 Å². The smallest absolute Gasteiger partial charge is 0.159 e. The molecular formula is C8H18O4. The average Bonchev–Trinajstić information content (AvgIpc) is 2.10. The van der Waals surface area contributed by atoms with Crippen LogP contribution in [-0.2, 0) is 14.2 Å². The highest BCUT2D eigenvalue weighted by atomic mass is 16.7. The van der Waals surface area contributed by atoms with E-state index in [2.05, 4.69) is 0 Å². The third kappa shape index (κ3) is 6.54. The Balaban J connectivity index is 3.19. The van der Waals surface area contributed by atoms with Gasteiger partial charge in [-0.05, 0) is 6.92 Å². The van der Waals surface area contributed by atoms with E-state index in [9.17, 15) is 0 Å². The zero-order chi connectivity index (χ0) is 9.23. The number of methoxy groups -OCH3 is 1. The molecule has 0 spiro atoms. The fourth-order valence-electron chi connectivity index (χ4n) is 0.757. The second-order valence-corrected chi connectivity index (χ2v) is 2.25. The van der Waals surface area contributed by atoms with Gasteiger partial charge < -0.3 is 19.3 Å². The highest BCUT2D eigenvalue weighted by Gasteiger charge is 2.04. The molecule has 0 aliphatic carbocycles. The Kier molecular flexibility index (Phi) is 8.81. The van der Waals surface area contributed by atoms with Crippen LogP contribution in [0.25, 0.3) is 0 Å². The van der Waals surface area contributed by atoms with Gasteiger partial charge in [0.05, 0.1) is 13.2 Å². The van der Waals surface area contributed by atoms with Gasteiger partial charge in [0, 0.05) is 26.7 Å². The molecule has 0 radical (unpaired) electrons. The van der Waals surface area contributed by atoms with Crippen LogP contribution in [0, 0.1) is 0 Å². The molecule has 0 aromatic carbocycles. The van der Waals surface area contributed by atoms with Crippen molar-refractivity contribution in [1.82, 2.24) is 0 Å². The topological polar surface area (TPSA) is 47.9 Å². The third-order valence-corrected chi connectivity index (χ3v) is 1.36. The van der Waals surface area contributed by atoms with E-state index in [1.165, 1.54) is 0 Å². The van der Waals surface area contributed by atoms with Gasteiger partial charge in [-0.1, -0.05) is 0 Å². The SMILES string of the molecule is CCOCCOC(CCO)OC. The van der Waals surface area contributed by atoms with Gasteiger partial charge in [-0.25, -0.2) is 0 Å². The molecule has 0 heterocycles. The highest BCUT2D eigenvalue weighted by molar-refractivity contribution is 4.42. The maximum atomic E-state index is 8.58. The molecule has 1 unspecified atom stereocenters. The van der Waals surface area contributed by atoms with Crippen molar-refractivity contribution >= 4 is 0 Å². The van der Waals surface area contributed by atoms with Crippen LogP contribution in [0.5, 0.6) is 0 Å². The van der Waals surface area contributed by atoms with Gasteiger partial charge in [-0.3, -0.25) is 0 Å². The van der Waals surface area contributed by atoms with Gasteiger partial charge in [0.1, 0.15) is 0 Å². The van der Waals surface area contributed by atoms with Gasteiger partial charge in [-0.2, -0.15) is 0 Å². The van der Waals surface area contributed by atoms with Crippen molar-refractivity contribution in [3.63, 3.8) is 0 Å². The number of hydrogen-bond acceptors (Lipinski definition) is 4. The molecule has 0 aromatic rings. The summed E-state index contributed by atoms with van der Waals surface area (Å²) in [7, 11) is 1.56. The summed E-state index contributed by atoms with van der Waals surface area (Å²) in [6, 6.07) is 0. The zero-order valence-electron chi connectivity index (χ0n) is 7.78. The number of hydrogen-bond donors (Lipinski definition) is 1. The molecule has 0 amide bonds. The van der Waals surface area contributed by atoms with Crippen molar-refractivity contribution in [2.75, 3.05) is 33.5 Å². The molecule has 0 aliphatic rings. The summed E-state index contributed by atoms with van der Waals surface area (Å²) < 4.78 is 15.2. The molecule has 0 fully saturated rings. The lowest BCUT2D eigenvalue weighted by atomic mass is 10.4. The molecule has 74 valence electrons. The van der Waals surface area contributed by atoms with Gasteiger partial charge in [-0.15, -0.1) is 0 Å². The van der Waals surface area contributed by atoms with Crippen molar-refractivity contribution in [2.24, 2.45) is 0 Å². The number of aliphatic hydroxyl groups excluding tert-OH is 1. The third-order valence-electron chi connectivity index (χ3n) is 1.36. The first kappa shape index (κ1) is 11.8. The van der Waals surface area contributed by atoms with Crippen LogP contribution in [0.3, 0.4) is 0 Å². The monoisotopic (exact) mass is 178 g/mol. The summed E-state index contributed by atoms with van der Waals surface area (Å²) >= 11 is 0. The Morgan fingerprint density at radius 3 is 2.58 bits per heavy atom. The lowest BCUT2D eigenvalue weighted by Gasteiger charge is -2.14. The normalized spacial score (nSPS) is 13.2. The molecule has 1 N–H and O–H groups in total. The van der Waals surface area contributed by atoms with Crippen molar-refractivity contribution in [2.45, 2.75) is 19.6 Å². The second-order valence-electron chi connectivity index (χ2n) is 2.25. The Labute approximate surface area is 73.4 Å². The van der Waals surface area contributed by atoms with Gasteiger partial charge in [0.15, 0.2) is 6.29 Å². The fourth-order valence-corrected chi connectivity index (χ4v) is 0.757. The zero-order valence-corrected chi connectivity index (χ0v) is 7.78. The van der Waals surface area contributed by atoms with Gasteiger partial charge in [0.2, 0.25) is 0 Å². The first-order chi connectivity index (χ1) is 5.85. The Hall–Kier alpha value is -0.160. The van der Waals surface area contributed by atoms with E-state index in [4.69, 9.17) is 19.3 Å². The van der Waals surface area contributed by atoms with Crippen LogP contribution >= 0.6 is 0 Å². The van der Waals surface area contributed by atoms with E-state index in [0.717, 1.165) is 0 Å². The first-order valence-corrected chi connectivity index (χ1v) is 4.18. The minimum atomic E-state index is -0.310. The van der Waals surface area contributed by atoms with Crippen LogP contribution in [-0.4, -0.2) is 44.9 Å². The molecule has 0 rings (SSSR count). The summed E-state index contributed by atoms with van der Waals surface area (Å²) in [5, 5.41) is 8.58. The summed E-state index contributed by atoms with van der Waals surface area (Å²) in [6.07, 6.45) is 0.193. The largest absolute Gasteiger partial charge is 0.396 e. The highest BCUT2D eigenvalue weighted by Crippen LogP contribution is 1.97. The van der Waals surface area contributed by atoms with Gasteiger partial charge in [0.25, 0.3) is 0 Å². The molecule has 0 saturated heterocycles. The van der Waals surface area contributed by atoms with Crippen molar-refractivity contribution in [1.29, 1.82) is 0 Å². The lowest BCUT2D eigenvalue weighted by molar-refractivity contribution is -0.140. The molecule has 4 nitrogen and oxygen atoms in total. The van der Waals surface area contributed by atoms with E-state index in [0.29, 0.717) is 26.2 Å². The number of rotatable bonds is 8. The van der Waals surface area contributed by atoms with Crippen molar-refractivity contribution in [3.8, 4) is 0 Å². The maximum absolute atomic E-state index is 8.58. The molecule has 0 bridgehead atoms. The average molecular weight is 178 g/mol. The second kappa shape index (κ2) is 8.93. The standard InChI is InChI=1S/C8H18O4/c1-3-11-6-7-12-8(10-2)4-5-9/h8-9H,3-7H2,1-2H3. The Morgan fingerprint density at radius 2 is 2.08 bits per heavy atom. The summed E-state index contributed by atoms with van der Waals surface area (Å²) in [5.74, 6) is 0. The molecule has 0 aromatic heterocycles. The first-order valence-electron chi connectivity index (χ1n) is 4.18. The summed E-state index contributed by atoms with van der Waals surface area (Å²) in [5.41, 5.74) is 0. The molecule has 0 aliphatic heterocycles. The van der Waals surface area contributed by atoms with Crippen LogP contribution in [0.1, 0.15) is 13.3 Å². The van der Waals surface area contributed by atoms with Crippen LogP contribution < -0.4 is 0 Å². The summed E-state index contributed by atoms with van der Waals surface area (Å²) in [6.45, 7) is 3.78. The van der Waals surface area contributed by atoms with Crippen molar-refractivity contribution in [3.05, 3.63) is 0 Å². The maximum Gasteiger partial charge on any atom is 0.159 e. The summed E-state index contributed by atoms with van der Waals surface area (Å²) in [4.78, 5) is 0. The van der Waals surface area contributed by atoms with E-state index in [-0.39, 0.29) is 12.9 Å². The molecule has 0 saturated carbocycles. The van der Waals surface area contributed by atoms with Crippen LogP contribution in [0.4, 0.5) is 0 Å². The molecule has 4 heteroatoms. The predicted octanol–water partition coefficient (Wildman–Crippen LogP) is 0.394. The molecule has 12 heavy (non-hydrogen) atoms. The minimum absolute atomic E-state index is 0.0765. The van der Waals surface area contributed by atoms with E-state index < -0.39 is 0 Å². The minimum Gasteiger partial charge on any atom is -0.396 e. The van der Waals surface area contributed by atoms with Crippen molar-refractivity contribution < 1.29 is 19.3 Å². The Morgan fingerprint density at radius 1 is 1.33 bits per heavy atom. The molecular weight excluding hydrogens is 160 g/mol. The fraction of sp³-hybridized carbons (Fsp3) is 1.00. The lowest BCUT2D eigenvalue weighted by Crippen LogP contribution is -2.19.